The van der Waals surface area contributed by atoms with Crippen LogP contribution in [0.1, 0.15) is 17.3 Å². The molecular weight excluding hydrogens is 170 g/mol. The van der Waals surface area contributed by atoms with E-state index in [9.17, 15) is 9.59 Å². The molecule has 0 saturated carbocycles. The van der Waals surface area contributed by atoms with Gasteiger partial charge in [-0.15, -0.1) is 0 Å². The van der Waals surface area contributed by atoms with Crippen molar-refractivity contribution in [3.05, 3.63) is 24.0 Å². The Balaban J connectivity index is 2.53. The van der Waals surface area contributed by atoms with Crippen molar-refractivity contribution in [1.82, 2.24) is 4.57 Å². The number of aromatic nitrogens is 1. The van der Waals surface area contributed by atoms with E-state index in [-0.39, 0.29) is 12.5 Å². The van der Waals surface area contributed by atoms with Crippen molar-refractivity contribution in [3.63, 3.8) is 0 Å². The third kappa shape index (κ3) is 2.74. The minimum atomic E-state index is -0.296. The van der Waals surface area contributed by atoms with Crippen LogP contribution in [-0.2, 0) is 16.1 Å². The number of carbonyl (C=O) groups is 2. The second kappa shape index (κ2) is 4.45. The molecule has 0 aliphatic rings. The lowest BCUT2D eigenvalue weighted by atomic mass is 10.4. The lowest BCUT2D eigenvalue weighted by molar-refractivity contribution is -0.143. The van der Waals surface area contributed by atoms with E-state index in [4.69, 9.17) is 4.74 Å². The monoisotopic (exact) mass is 181 g/mol. The van der Waals surface area contributed by atoms with E-state index in [2.05, 4.69) is 0 Å². The van der Waals surface area contributed by atoms with Crippen molar-refractivity contribution in [2.45, 2.75) is 13.5 Å². The number of aldehydes is 1. The molecule has 0 fully saturated rings. The van der Waals surface area contributed by atoms with Crippen molar-refractivity contribution >= 4 is 12.3 Å². The molecule has 0 N–H and O–H groups in total. The van der Waals surface area contributed by atoms with Gasteiger partial charge in [-0.05, 0) is 13.0 Å². The van der Waals surface area contributed by atoms with Gasteiger partial charge in [-0.3, -0.25) is 9.59 Å². The first-order valence-electron chi connectivity index (χ1n) is 4.03. The van der Waals surface area contributed by atoms with Crippen molar-refractivity contribution in [2.75, 3.05) is 6.61 Å². The maximum Gasteiger partial charge on any atom is 0.325 e. The molecule has 1 aromatic heterocycles. The van der Waals surface area contributed by atoms with E-state index in [1.165, 1.54) is 0 Å². The Morgan fingerprint density at radius 3 is 3.00 bits per heavy atom. The molecule has 0 aliphatic heterocycles. The standard InChI is InChI=1S/C9H11NO3/c1-2-13-9(12)6-10-4-3-8(5-10)7-11/h3-5,7H,2,6H2,1H3. The van der Waals surface area contributed by atoms with E-state index in [0.29, 0.717) is 12.2 Å². The third-order valence-electron chi connectivity index (χ3n) is 1.53. The summed E-state index contributed by atoms with van der Waals surface area (Å²) in [7, 11) is 0. The SMILES string of the molecule is CCOC(=O)Cn1ccc(C=O)c1. The smallest absolute Gasteiger partial charge is 0.325 e. The zero-order valence-corrected chi connectivity index (χ0v) is 7.40. The summed E-state index contributed by atoms with van der Waals surface area (Å²) >= 11 is 0. The van der Waals surface area contributed by atoms with Crippen LogP contribution in [0.2, 0.25) is 0 Å². The maximum absolute atomic E-state index is 11.0. The van der Waals surface area contributed by atoms with Gasteiger partial charge in [0.1, 0.15) is 6.54 Å². The average Bonchev–Trinajstić information content (AvgIpc) is 2.52. The molecule has 1 aromatic rings. The van der Waals surface area contributed by atoms with E-state index >= 15 is 0 Å². The van der Waals surface area contributed by atoms with Gasteiger partial charge >= 0.3 is 5.97 Å². The molecule has 0 aliphatic carbocycles. The highest BCUT2D eigenvalue weighted by atomic mass is 16.5. The zero-order valence-electron chi connectivity index (χ0n) is 7.40. The lowest BCUT2D eigenvalue weighted by Gasteiger charge is -2.01. The number of carbonyl (C=O) groups excluding carboxylic acids is 2. The fourth-order valence-electron chi connectivity index (χ4n) is 0.983. The van der Waals surface area contributed by atoms with E-state index in [0.717, 1.165) is 6.29 Å². The van der Waals surface area contributed by atoms with Crippen LogP contribution >= 0.6 is 0 Å². The maximum atomic E-state index is 11.0. The lowest BCUT2D eigenvalue weighted by Crippen LogP contribution is -2.11. The minimum absolute atomic E-state index is 0.154. The molecule has 0 amide bonds. The van der Waals surface area contributed by atoms with Gasteiger partial charge in [-0.2, -0.15) is 0 Å². The van der Waals surface area contributed by atoms with Gasteiger partial charge in [0.05, 0.1) is 6.61 Å². The first kappa shape index (κ1) is 9.51. The molecule has 4 nitrogen and oxygen atoms in total. The molecule has 0 bridgehead atoms. The van der Waals surface area contributed by atoms with E-state index < -0.39 is 0 Å². The predicted octanol–water partition coefficient (Wildman–Crippen LogP) is 0.864. The Bertz CT molecular complexity index is 304. The van der Waals surface area contributed by atoms with Gasteiger partial charge in [-0.1, -0.05) is 0 Å². The van der Waals surface area contributed by atoms with Gasteiger partial charge in [0.2, 0.25) is 0 Å². The highest BCUT2D eigenvalue weighted by molar-refractivity contribution is 5.75. The summed E-state index contributed by atoms with van der Waals surface area (Å²) in [5, 5.41) is 0. The number of hydrogen-bond donors (Lipinski definition) is 0. The molecule has 4 heteroatoms. The summed E-state index contributed by atoms with van der Waals surface area (Å²) in [6, 6.07) is 1.65. The molecule has 0 saturated heterocycles. The van der Waals surface area contributed by atoms with Crippen molar-refractivity contribution in [2.24, 2.45) is 0 Å². The molecule has 1 heterocycles. The number of rotatable bonds is 4. The average molecular weight is 181 g/mol. The summed E-state index contributed by atoms with van der Waals surface area (Å²) in [4.78, 5) is 21.3. The summed E-state index contributed by atoms with van der Waals surface area (Å²) in [6.45, 7) is 2.28. The van der Waals surface area contributed by atoms with Crippen LogP contribution < -0.4 is 0 Å². The van der Waals surface area contributed by atoms with Crippen molar-refractivity contribution in [1.29, 1.82) is 0 Å². The molecule has 0 unspecified atom stereocenters. The number of esters is 1. The van der Waals surface area contributed by atoms with Crippen molar-refractivity contribution < 1.29 is 14.3 Å². The van der Waals surface area contributed by atoms with E-state index in [1.807, 2.05) is 0 Å². The topological polar surface area (TPSA) is 48.3 Å². The number of ether oxygens (including phenoxy) is 1. The van der Waals surface area contributed by atoms with Crippen LogP contribution in [0.25, 0.3) is 0 Å². The van der Waals surface area contributed by atoms with Gasteiger partial charge in [0, 0.05) is 18.0 Å². The Kier molecular flexibility index (Phi) is 3.25. The number of nitrogens with zero attached hydrogens (tertiary/aromatic N) is 1. The zero-order chi connectivity index (χ0) is 9.68. The van der Waals surface area contributed by atoms with Gasteiger partial charge in [0.15, 0.2) is 6.29 Å². The Morgan fingerprint density at radius 2 is 2.46 bits per heavy atom. The Morgan fingerprint density at radius 1 is 1.69 bits per heavy atom. The molecular formula is C9H11NO3. The molecule has 13 heavy (non-hydrogen) atoms. The van der Waals surface area contributed by atoms with Crippen LogP contribution in [0.15, 0.2) is 18.5 Å². The minimum Gasteiger partial charge on any atom is -0.465 e. The largest absolute Gasteiger partial charge is 0.465 e. The summed E-state index contributed by atoms with van der Waals surface area (Å²) in [5.41, 5.74) is 0.560. The number of hydrogen-bond acceptors (Lipinski definition) is 3. The van der Waals surface area contributed by atoms with Crippen molar-refractivity contribution in [3.8, 4) is 0 Å². The molecule has 0 radical (unpaired) electrons. The highest BCUT2D eigenvalue weighted by Gasteiger charge is 2.02. The van der Waals surface area contributed by atoms with Crippen LogP contribution in [0.4, 0.5) is 0 Å². The first-order chi connectivity index (χ1) is 6.26. The fraction of sp³-hybridized carbons (Fsp3) is 0.333. The third-order valence-corrected chi connectivity index (χ3v) is 1.53. The van der Waals surface area contributed by atoms with Gasteiger partial charge < -0.3 is 9.30 Å². The van der Waals surface area contributed by atoms with Crippen LogP contribution in [0.5, 0.6) is 0 Å². The Labute approximate surface area is 76.1 Å². The first-order valence-corrected chi connectivity index (χ1v) is 4.03. The molecule has 70 valence electrons. The van der Waals surface area contributed by atoms with Gasteiger partial charge in [0.25, 0.3) is 0 Å². The molecule has 0 aromatic carbocycles. The second-order valence-electron chi connectivity index (χ2n) is 2.54. The summed E-state index contributed by atoms with van der Waals surface area (Å²) in [6.07, 6.45) is 4.01. The van der Waals surface area contributed by atoms with Crippen LogP contribution in [0, 0.1) is 0 Å². The summed E-state index contributed by atoms with van der Waals surface area (Å²) < 4.78 is 6.35. The highest BCUT2D eigenvalue weighted by Crippen LogP contribution is 1.98. The molecule has 0 atom stereocenters. The van der Waals surface area contributed by atoms with Crippen LogP contribution in [0.3, 0.4) is 0 Å². The summed E-state index contributed by atoms with van der Waals surface area (Å²) in [5.74, 6) is -0.296. The van der Waals surface area contributed by atoms with Gasteiger partial charge in [-0.25, -0.2) is 0 Å². The normalized spacial score (nSPS) is 9.62. The Hall–Kier alpha value is -1.58. The fourth-order valence-corrected chi connectivity index (χ4v) is 0.983. The second-order valence-corrected chi connectivity index (χ2v) is 2.54. The molecule has 1 rings (SSSR count). The van der Waals surface area contributed by atoms with E-state index in [1.54, 1.807) is 30.0 Å². The predicted molar refractivity (Wildman–Crippen MR) is 46.5 cm³/mol. The van der Waals surface area contributed by atoms with Crippen LogP contribution in [-0.4, -0.2) is 23.4 Å². The quantitative estimate of drug-likeness (QED) is 0.511. The molecule has 0 spiro atoms.